The highest BCUT2D eigenvalue weighted by molar-refractivity contribution is 7.88. The molecule has 2 fully saturated rings. The zero-order valence-electron chi connectivity index (χ0n) is 18.2. The molecule has 2 aliphatic heterocycles. The molecule has 4 rings (SSSR count). The van der Waals surface area contributed by atoms with E-state index in [1.807, 2.05) is 24.3 Å². The van der Waals surface area contributed by atoms with Crippen molar-refractivity contribution in [2.75, 3.05) is 49.6 Å². The molecule has 1 amide bonds. The molecule has 2 aliphatic rings. The van der Waals surface area contributed by atoms with Gasteiger partial charge in [-0.3, -0.25) is 4.79 Å². The van der Waals surface area contributed by atoms with Crippen LogP contribution in [0, 0.1) is 5.92 Å². The van der Waals surface area contributed by atoms with Crippen LogP contribution < -0.4 is 10.2 Å². The molecule has 0 unspecified atom stereocenters. The van der Waals surface area contributed by atoms with E-state index in [2.05, 4.69) is 10.2 Å². The van der Waals surface area contributed by atoms with Gasteiger partial charge in [-0.2, -0.15) is 0 Å². The predicted molar refractivity (Wildman–Crippen MR) is 131 cm³/mol. The first kappa shape index (κ1) is 24.3. The molecule has 0 aromatic heterocycles. The Morgan fingerprint density at radius 1 is 1.03 bits per heavy atom. The summed E-state index contributed by atoms with van der Waals surface area (Å²) < 4.78 is 32.8. The minimum absolute atomic E-state index is 0.141. The number of rotatable bonds is 6. The molecule has 7 nitrogen and oxygen atoms in total. The summed E-state index contributed by atoms with van der Waals surface area (Å²) in [4.78, 5) is 15.1. The lowest BCUT2D eigenvalue weighted by atomic mass is 9.98. The summed E-state index contributed by atoms with van der Waals surface area (Å²) >= 11 is 12.3. The molecule has 0 aliphatic carbocycles. The van der Waals surface area contributed by atoms with E-state index in [0.717, 1.165) is 18.8 Å². The van der Waals surface area contributed by atoms with Crippen molar-refractivity contribution in [1.29, 1.82) is 0 Å². The van der Waals surface area contributed by atoms with Crippen LogP contribution in [0.1, 0.15) is 18.4 Å². The maximum absolute atomic E-state index is 13.0. The highest BCUT2D eigenvalue weighted by atomic mass is 35.5. The molecular weight excluding hydrogens is 485 g/mol. The molecule has 2 aromatic rings. The van der Waals surface area contributed by atoms with Gasteiger partial charge in [0.1, 0.15) is 0 Å². The number of amides is 1. The number of anilines is 2. The second-order valence-corrected chi connectivity index (χ2v) is 11.1. The summed E-state index contributed by atoms with van der Waals surface area (Å²) in [6.07, 6.45) is 1.25. The number of halogens is 2. The number of carbonyl (C=O) groups excluding carboxylic acids is 1. The van der Waals surface area contributed by atoms with Crippen LogP contribution in [0.5, 0.6) is 0 Å². The second kappa shape index (κ2) is 10.6. The quantitative estimate of drug-likeness (QED) is 0.633. The average molecular weight is 512 g/mol. The molecule has 33 heavy (non-hydrogen) atoms. The maximum atomic E-state index is 13.0. The van der Waals surface area contributed by atoms with Crippen LogP contribution in [-0.2, 0) is 25.3 Å². The van der Waals surface area contributed by atoms with Gasteiger partial charge in [0.2, 0.25) is 15.9 Å². The number of carbonyl (C=O) groups is 1. The minimum atomic E-state index is -3.67. The van der Waals surface area contributed by atoms with Crippen LogP contribution in [0.3, 0.4) is 0 Å². The van der Waals surface area contributed by atoms with Crippen molar-refractivity contribution < 1.29 is 17.9 Å². The third-order valence-corrected chi connectivity index (χ3v) is 8.53. The average Bonchev–Trinajstić information content (AvgIpc) is 2.83. The molecule has 2 saturated heterocycles. The Morgan fingerprint density at radius 3 is 2.36 bits per heavy atom. The Hall–Kier alpha value is -1.84. The Labute approximate surface area is 204 Å². The Balaban J connectivity index is 1.38. The fourth-order valence-electron chi connectivity index (χ4n) is 4.17. The molecule has 178 valence electrons. The van der Waals surface area contributed by atoms with Gasteiger partial charge in [-0.15, -0.1) is 0 Å². The Morgan fingerprint density at radius 2 is 1.70 bits per heavy atom. The lowest BCUT2D eigenvalue weighted by Crippen LogP contribution is -2.44. The number of nitrogens with one attached hydrogen (secondary N) is 1. The summed E-state index contributed by atoms with van der Waals surface area (Å²) in [6.45, 7) is 3.63. The first-order valence-corrected chi connectivity index (χ1v) is 13.3. The molecule has 0 radical (unpaired) electrons. The van der Waals surface area contributed by atoms with Crippen LogP contribution in [0.25, 0.3) is 0 Å². The Kier molecular flexibility index (Phi) is 7.81. The molecular formula is C23H27Cl2N3O4S. The van der Waals surface area contributed by atoms with E-state index in [1.165, 1.54) is 4.31 Å². The van der Waals surface area contributed by atoms with Gasteiger partial charge in [0.05, 0.1) is 24.9 Å². The van der Waals surface area contributed by atoms with Crippen molar-refractivity contribution in [2.45, 2.75) is 18.6 Å². The highest BCUT2D eigenvalue weighted by Crippen LogP contribution is 2.29. The number of sulfonamides is 1. The lowest BCUT2D eigenvalue weighted by Gasteiger charge is -2.31. The first-order valence-electron chi connectivity index (χ1n) is 11.0. The van der Waals surface area contributed by atoms with Crippen molar-refractivity contribution >= 4 is 50.5 Å². The summed E-state index contributed by atoms with van der Waals surface area (Å²) in [5, 5.41) is 3.57. The third-order valence-electron chi connectivity index (χ3n) is 6.05. The predicted octanol–water partition coefficient (Wildman–Crippen LogP) is 4.01. The van der Waals surface area contributed by atoms with E-state index in [0.29, 0.717) is 53.9 Å². The molecule has 1 atom stereocenters. The molecule has 2 heterocycles. The largest absolute Gasteiger partial charge is 0.378 e. The standard InChI is InChI=1S/C23H27Cl2N3O4S/c24-21-4-1-5-22(25)20(21)16-33(30,31)28-10-2-3-17(15-28)23(29)26-18-6-8-19(9-7-18)27-11-13-32-14-12-27/h1,4-9,17H,2-3,10-16H2,(H,26,29)/t17-/m0/s1. The van der Waals surface area contributed by atoms with Crippen molar-refractivity contribution in [2.24, 2.45) is 5.92 Å². The van der Waals surface area contributed by atoms with Crippen molar-refractivity contribution in [3.63, 3.8) is 0 Å². The number of morpholine rings is 1. The van der Waals surface area contributed by atoms with E-state index >= 15 is 0 Å². The van der Waals surface area contributed by atoms with Crippen molar-refractivity contribution in [1.82, 2.24) is 4.31 Å². The van der Waals surface area contributed by atoms with E-state index in [-0.39, 0.29) is 18.2 Å². The van der Waals surface area contributed by atoms with Gasteiger partial charge in [-0.05, 0) is 49.2 Å². The van der Waals surface area contributed by atoms with Gasteiger partial charge in [0.15, 0.2) is 0 Å². The minimum Gasteiger partial charge on any atom is -0.378 e. The monoisotopic (exact) mass is 511 g/mol. The van der Waals surface area contributed by atoms with Gasteiger partial charge in [0, 0.05) is 53.2 Å². The second-order valence-electron chi connectivity index (χ2n) is 8.29. The fraction of sp³-hybridized carbons (Fsp3) is 0.435. The van der Waals surface area contributed by atoms with Gasteiger partial charge in [0.25, 0.3) is 0 Å². The van der Waals surface area contributed by atoms with Crippen molar-refractivity contribution in [3.8, 4) is 0 Å². The highest BCUT2D eigenvalue weighted by Gasteiger charge is 2.33. The molecule has 2 aromatic carbocycles. The number of hydrogen-bond acceptors (Lipinski definition) is 5. The van der Waals surface area contributed by atoms with Crippen LogP contribution in [-0.4, -0.2) is 58.0 Å². The Bertz CT molecular complexity index is 1070. The zero-order valence-corrected chi connectivity index (χ0v) is 20.5. The molecule has 1 N–H and O–H groups in total. The summed E-state index contributed by atoms with van der Waals surface area (Å²) in [5.41, 5.74) is 2.16. The van der Waals surface area contributed by atoms with E-state index in [1.54, 1.807) is 18.2 Å². The number of benzene rings is 2. The molecule has 0 spiro atoms. The van der Waals surface area contributed by atoms with Gasteiger partial charge in [-0.1, -0.05) is 29.3 Å². The zero-order chi connectivity index (χ0) is 23.4. The van der Waals surface area contributed by atoms with Gasteiger partial charge >= 0.3 is 0 Å². The van der Waals surface area contributed by atoms with Crippen LogP contribution in [0.4, 0.5) is 11.4 Å². The summed E-state index contributed by atoms with van der Waals surface area (Å²) in [6, 6.07) is 12.6. The van der Waals surface area contributed by atoms with E-state index < -0.39 is 15.9 Å². The van der Waals surface area contributed by atoms with Gasteiger partial charge in [-0.25, -0.2) is 12.7 Å². The summed E-state index contributed by atoms with van der Waals surface area (Å²) in [5.74, 6) is -0.887. The summed E-state index contributed by atoms with van der Waals surface area (Å²) in [7, 11) is -3.67. The number of piperidine rings is 1. The molecule has 0 saturated carbocycles. The number of hydrogen-bond donors (Lipinski definition) is 1. The maximum Gasteiger partial charge on any atom is 0.228 e. The third kappa shape index (κ3) is 6.00. The first-order chi connectivity index (χ1) is 15.8. The van der Waals surface area contributed by atoms with Crippen molar-refractivity contribution in [3.05, 3.63) is 58.1 Å². The van der Waals surface area contributed by atoms with E-state index in [9.17, 15) is 13.2 Å². The van der Waals surface area contributed by atoms with Crippen LogP contribution in [0.15, 0.2) is 42.5 Å². The normalized spacial score (nSPS) is 19.9. The molecule has 0 bridgehead atoms. The van der Waals surface area contributed by atoms with E-state index in [4.69, 9.17) is 27.9 Å². The fourth-order valence-corrected chi connectivity index (χ4v) is 6.54. The lowest BCUT2D eigenvalue weighted by molar-refractivity contribution is -0.120. The molecule has 10 heteroatoms. The van der Waals surface area contributed by atoms with Crippen LogP contribution >= 0.6 is 23.2 Å². The topological polar surface area (TPSA) is 79.0 Å². The smallest absolute Gasteiger partial charge is 0.228 e. The number of nitrogens with zero attached hydrogens (tertiary/aromatic N) is 2. The van der Waals surface area contributed by atoms with Gasteiger partial charge < -0.3 is 15.0 Å². The van der Waals surface area contributed by atoms with Crippen LogP contribution in [0.2, 0.25) is 10.0 Å². The number of ether oxygens (including phenoxy) is 1. The SMILES string of the molecule is O=C(Nc1ccc(N2CCOCC2)cc1)[C@H]1CCCN(S(=O)(=O)Cc2c(Cl)cccc2Cl)C1.